The Morgan fingerprint density at radius 3 is 2.63 bits per heavy atom. The van der Waals surface area contributed by atoms with Gasteiger partial charge in [0.25, 0.3) is 0 Å². The van der Waals surface area contributed by atoms with Crippen LogP contribution in [0.25, 0.3) is 0 Å². The maximum Gasteiger partial charge on any atom is 0.0236 e. The van der Waals surface area contributed by atoms with Gasteiger partial charge in [-0.1, -0.05) is 38.1 Å². The van der Waals surface area contributed by atoms with Crippen LogP contribution in [0.1, 0.15) is 37.8 Å². The lowest BCUT2D eigenvalue weighted by Crippen LogP contribution is -2.38. The summed E-state index contributed by atoms with van der Waals surface area (Å²) < 4.78 is 0. The van der Waals surface area contributed by atoms with Crippen molar-refractivity contribution in [2.24, 2.45) is 5.92 Å². The average Bonchev–Trinajstić information content (AvgIpc) is 2.48. The molecule has 1 saturated heterocycles. The Morgan fingerprint density at radius 1 is 1.21 bits per heavy atom. The number of aryl methyl sites for hydroxylation is 1. The topological polar surface area (TPSA) is 15.3 Å². The van der Waals surface area contributed by atoms with E-state index >= 15 is 0 Å². The molecule has 1 heterocycles. The van der Waals surface area contributed by atoms with Gasteiger partial charge in [-0.05, 0) is 55.9 Å². The van der Waals surface area contributed by atoms with Gasteiger partial charge < -0.3 is 5.32 Å². The molecule has 1 aromatic rings. The van der Waals surface area contributed by atoms with E-state index in [4.69, 9.17) is 0 Å². The lowest BCUT2D eigenvalue weighted by molar-refractivity contribution is 0.209. The van der Waals surface area contributed by atoms with E-state index in [1.54, 1.807) is 0 Å². The monoisotopic (exact) mass is 260 g/mol. The highest BCUT2D eigenvalue weighted by atomic mass is 15.1. The summed E-state index contributed by atoms with van der Waals surface area (Å²) in [4.78, 5) is 2.60. The number of benzene rings is 1. The van der Waals surface area contributed by atoms with Gasteiger partial charge in [-0.15, -0.1) is 0 Å². The first-order valence-electron chi connectivity index (χ1n) is 7.83. The summed E-state index contributed by atoms with van der Waals surface area (Å²) in [5.74, 6) is 0.836. The van der Waals surface area contributed by atoms with E-state index in [0.717, 1.165) is 25.4 Å². The van der Waals surface area contributed by atoms with Crippen LogP contribution in [0.15, 0.2) is 24.3 Å². The molecule has 1 N–H and O–H groups in total. The summed E-state index contributed by atoms with van der Waals surface area (Å²) >= 11 is 0. The third-order valence-electron chi connectivity index (χ3n) is 4.26. The van der Waals surface area contributed by atoms with Crippen LogP contribution in [0, 0.1) is 5.92 Å². The van der Waals surface area contributed by atoms with Gasteiger partial charge in [0.2, 0.25) is 0 Å². The summed E-state index contributed by atoms with van der Waals surface area (Å²) in [6.07, 6.45) is 3.87. The van der Waals surface area contributed by atoms with Crippen molar-refractivity contribution in [2.45, 2.75) is 39.7 Å². The predicted octanol–water partition coefficient (Wildman–Crippen LogP) is 3.07. The Morgan fingerprint density at radius 2 is 2.00 bits per heavy atom. The van der Waals surface area contributed by atoms with Crippen molar-refractivity contribution in [2.75, 3.05) is 26.2 Å². The molecule has 1 fully saturated rings. The standard InChI is InChI=1S/C17H28N2/c1-3-16-9-5-6-10-17(16)14-19(4-2)13-15-8-7-11-18-12-15/h5-6,9-10,15,18H,3-4,7-8,11-14H2,1-2H3. The van der Waals surface area contributed by atoms with E-state index in [0.29, 0.717) is 0 Å². The molecule has 0 aromatic heterocycles. The van der Waals surface area contributed by atoms with Crippen LogP contribution in [0.2, 0.25) is 0 Å². The molecule has 0 bridgehead atoms. The van der Waals surface area contributed by atoms with Gasteiger partial charge in [0.05, 0.1) is 0 Å². The van der Waals surface area contributed by atoms with Gasteiger partial charge in [0.15, 0.2) is 0 Å². The zero-order valence-corrected chi connectivity index (χ0v) is 12.5. The first-order chi connectivity index (χ1) is 9.33. The number of hydrogen-bond donors (Lipinski definition) is 1. The summed E-state index contributed by atoms with van der Waals surface area (Å²) in [5, 5.41) is 3.52. The van der Waals surface area contributed by atoms with Crippen molar-refractivity contribution < 1.29 is 0 Å². The highest BCUT2D eigenvalue weighted by molar-refractivity contribution is 5.26. The third kappa shape index (κ3) is 4.32. The summed E-state index contributed by atoms with van der Waals surface area (Å²) in [6.45, 7) is 10.4. The molecule has 106 valence electrons. The van der Waals surface area contributed by atoms with Crippen molar-refractivity contribution in [1.29, 1.82) is 0 Å². The molecule has 19 heavy (non-hydrogen) atoms. The first kappa shape index (κ1) is 14.5. The maximum absolute atomic E-state index is 3.52. The molecule has 0 radical (unpaired) electrons. The number of nitrogens with zero attached hydrogens (tertiary/aromatic N) is 1. The van der Waals surface area contributed by atoms with Crippen LogP contribution in [0.3, 0.4) is 0 Å². The zero-order valence-electron chi connectivity index (χ0n) is 12.5. The van der Waals surface area contributed by atoms with Crippen molar-refractivity contribution >= 4 is 0 Å². The second-order valence-corrected chi connectivity index (χ2v) is 5.66. The summed E-state index contributed by atoms with van der Waals surface area (Å²) in [5.41, 5.74) is 3.01. The fourth-order valence-corrected chi connectivity index (χ4v) is 3.05. The summed E-state index contributed by atoms with van der Waals surface area (Å²) in [6, 6.07) is 8.89. The van der Waals surface area contributed by atoms with Crippen LogP contribution < -0.4 is 5.32 Å². The Kier molecular flexibility index (Phi) is 5.87. The minimum Gasteiger partial charge on any atom is -0.316 e. The first-order valence-corrected chi connectivity index (χ1v) is 7.83. The fourth-order valence-electron chi connectivity index (χ4n) is 3.05. The lowest BCUT2D eigenvalue weighted by atomic mass is 9.98. The second kappa shape index (κ2) is 7.66. The average molecular weight is 260 g/mol. The third-order valence-corrected chi connectivity index (χ3v) is 4.26. The predicted molar refractivity (Wildman–Crippen MR) is 82.4 cm³/mol. The Labute approximate surface area is 118 Å². The minimum atomic E-state index is 0.836. The van der Waals surface area contributed by atoms with E-state index in [2.05, 4.69) is 48.3 Å². The number of hydrogen-bond acceptors (Lipinski definition) is 2. The normalized spacial score (nSPS) is 19.8. The Hall–Kier alpha value is -0.860. The quantitative estimate of drug-likeness (QED) is 0.845. The van der Waals surface area contributed by atoms with E-state index in [-0.39, 0.29) is 0 Å². The van der Waals surface area contributed by atoms with E-state index in [1.807, 2.05) is 0 Å². The maximum atomic E-state index is 3.52. The molecule has 0 aliphatic carbocycles. The van der Waals surface area contributed by atoms with E-state index in [9.17, 15) is 0 Å². The smallest absolute Gasteiger partial charge is 0.0236 e. The molecule has 0 saturated carbocycles. The highest BCUT2D eigenvalue weighted by Crippen LogP contribution is 2.16. The molecule has 0 amide bonds. The van der Waals surface area contributed by atoms with Gasteiger partial charge in [0.1, 0.15) is 0 Å². The van der Waals surface area contributed by atoms with Gasteiger partial charge in [-0.2, -0.15) is 0 Å². The molecule has 1 aromatic carbocycles. The largest absolute Gasteiger partial charge is 0.316 e. The highest BCUT2D eigenvalue weighted by Gasteiger charge is 2.16. The number of nitrogens with one attached hydrogen (secondary N) is 1. The second-order valence-electron chi connectivity index (χ2n) is 5.66. The van der Waals surface area contributed by atoms with Crippen LogP contribution >= 0.6 is 0 Å². The zero-order chi connectivity index (χ0) is 13.5. The van der Waals surface area contributed by atoms with Gasteiger partial charge >= 0.3 is 0 Å². The molecule has 2 nitrogen and oxygen atoms in total. The van der Waals surface area contributed by atoms with Crippen LogP contribution in [0.4, 0.5) is 0 Å². The molecule has 1 atom stereocenters. The van der Waals surface area contributed by atoms with Crippen LogP contribution in [-0.2, 0) is 13.0 Å². The lowest BCUT2D eigenvalue weighted by Gasteiger charge is -2.30. The molecule has 1 aliphatic heterocycles. The SMILES string of the molecule is CCc1ccccc1CN(CC)CC1CCCNC1. The molecular weight excluding hydrogens is 232 g/mol. The van der Waals surface area contributed by atoms with E-state index in [1.165, 1.54) is 43.6 Å². The van der Waals surface area contributed by atoms with E-state index < -0.39 is 0 Å². The van der Waals surface area contributed by atoms with Crippen molar-refractivity contribution in [3.8, 4) is 0 Å². The molecular formula is C17H28N2. The molecule has 1 aliphatic rings. The van der Waals surface area contributed by atoms with Crippen molar-refractivity contribution in [3.63, 3.8) is 0 Å². The minimum absolute atomic E-state index is 0.836. The number of rotatable bonds is 6. The van der Waals surface area contributed by atoms with Crippen molar-refractivity contribution in [1.82, 2.24) is 10.2 Å². The van der Waals surface area contributed by atoms with Crippen LogP contribution in [-0.4, -0.2) is 31.1 Å². The van der Waals surface area contributed by atoms with Gasteiger partial charge in [-0.25, -0.2) is 0 Å². The number of piperidine rings is 1. The van der Waals surface area contributed by atoms with Gasteiger partial charge in [-0.3, -0.25) is 4.90 Å². The van der Waals surface area contributed by atoms with Crippen molar-refractivity contribution in [3.05, 3.63) is 35.4 Å². The Balaban J connectivity index is 1.94. The molecule has 1 unspecified atom stereocenters. The fraction of sp³-hybridized carbons (Fsp3) is 0.647. The molecule has 0 spiro atoms. The van der Waals surface area contributed by atoms with Gasteiger partial charge in [0, 0.05) is 13.1 Å². The van der Waals surface area contributed by atoms with Crippen LogP contribution in [0.5, 0.6) is 0 Å². The summed E-state index contributed by atoms with van der Waals surface area (Å²) in [7, 11) is 0. The Bertz CT molecular complexity index is 369. The molecule has 2 rings (SSSR count). The molecule has 2 heteroatoms.